The number of benzene rings is 1. The zero-order chi connectivity index (χ0) is 24.5. The first-order valence-corrected chi connectivity index (χ1v) is 12.5. The van der Waals surface area contributed by atoms with Crippen molar-refractivity contribution in [3.05, 3.63) is 50.4 Å². The van der Waals surface area contributed by atoms with Gasteiger partial charge in [0.05, 0.1) is 17.1 Å². The predicted molar refractivity (Wildman–Crippen MR) is 137 cm³/mol. The Bertz CT molecular complexity index is 1050. The molecule has 0 saturated carbocycles. The van der Waals surface area contributed by atoms with Crippen LogP contribution in [0.2, 0.25) is 0 Å². The number of hydrogen-bond acceptors (Lipinski definition) is 8. The molecule has 2 aromatic rings. The van der Waals surface area contributed by atoms with E-state index >= 15 is 0 Å². The number of nitro groups is 1. The minimum atomic E-state index is -0.458. The molecule has 3 rings (SSSR count). The summed E-state index contributed by atoms with van der Waals surface area (Å²) in [6, 6.07) is 6.17. The average Bonchev–Trinajstić information content (AvgIpc) is 2.99. The van der Waals surface area contributed by atoms with Gasteiger partial charge in [0.1, 0.15) is 5.00 Å². The maximum atomic E-state index is 12.7. The molecule has 0 saturated heterocycles. The summed E-state index contributed by atoms with van der Waals surface area (Å²) in [7, 11) is 0. The van der Waals surface area contributed by atoms with Crippen molar-refractivity contribution in [1.29, 1.82) is 0 Å². The second-order valence-electron chi connectivity index (χ2n) is 7.78. The molecule has 1 amide bonds. The SMILES string of the molecule is CCOC(=O)c1c(NC(=O)C(=S)NCCCNc2ccc([N+](=O)[O-])cc2)sc2c1CCCCC2. The fourth-order valence-corrected chi connectivity index (χ4v) is 5.14. The van der Waals surface area contributed by atoms with Crippen molar-refractivity contribution in [1.82, 2.24) is 5.32 Å². The van der Waals surface area contributed by atoms with Gasteiger partial charge in [-0.05, 0) is 56.7 Å². The van der Waals surface area contributed by atoms with Gasteiger partial charge in [-0.2, -0.15) is 0 Å². The van der Waals surface area contributed by atoms with Crippen molar-refractivity contribution >= 4 is 56.8 Å². The molecule has 0 bridgehead atoms. The quantitative estimate of drug-likeness (QED) is 0.114. The van der Waals surface area contributed by atoms with Crippen LogP contribution in [-0.4, -0.2) is 41.5 Å². The third kappa shape index (κ3) is 6.73. The number of nitro benzene ring substituents is 1. The summed E-state index contributed by atoms with van der Waals surface area (Å²) in [4.78, 5) is 36.7. The molecular formula is C23H28N4O5S2. The molecular weight excluding hydrogens is 476 g/mol. The maximum absolute atomic E-state index is 12.7. The molecule has 0 atom stereocenters. The molecule has 11 heteroatoms. The third-order valence-electron chi connectivity index (χ3n) is 5.38. The Balaban J connectivity index is 1.50. The first-order chi connectivity index (χ1) is 16.4. The fourth-order valence-electron chi connectivity index (χ4n) is 3.71. The van der Waals surface area contributed by atoms with Crippen molar-refractivity contribution in [2.24, 2.45) is 0 Å². The number of ether oxygens (including phenoxy) is 1. The summed E-state index contributed by atoms with van der Waals surface area (Å²) in [5, 5.41) is 20.1. The van der Waals surface area contributed by atoms with E-state index in [2.05, 4.69) is 16.0 Å². The number of anilines is 2. The van der Waals surface area contributed by atoms with E-state index in [1.165, 1.54) is 23.5 Å². The second-order valence-corrected chi connectivity index (χ2v) is 9.30. The Morgan fingerprint density at radius 3 is 2.59 bits per heavy atom. The summed E-state index contributed by atoms with van der Waals surface area (Å²) >= 11 is 6.66. The topological polar surface area (TPSA) is 123 Å². The van der Waals surface area contributed by atoms with Gasteiger partial charge in [0, 0.05) is 35.8 Å². The van der Waals surface area contributed by atoms with E-state index in [1.54, 1.807) is 19.1 Å². The molecule has 0 radical (unpaired) electrons. The first kappa shape index (κ1) is 25.6. The van der Waals surface area contributed by atoms with Crippen molar-refractivity contribution in [3.8, 4) is 0 Å². The van der Waals surface area contributed by atoms with E-state index in [4.69, 9.17) is 17.0 Å². The Kier molecular flexibility index (Phi) is 9.34. The molecule has 34 heavy (non-hydrogen) atoms. The number of fused-ring (bicyclic) bond motifs is 1. The molecule has 0 fully saturated rings. The van der Waals surface area contributed by atoms with Crippen LogP contribution in [0.4, 0.5) is 16.4 Å². The summed E-state index contributed by atoms with van der Waals surface area (Å²) in [5.74, 6) is -0.867. The van der Waals surface area contributed by atoms with Crippen LogP contribution in [0.15, 0.2) is 24.3 Å². The summed E-state index contributed by atoms with van der Waals surface area (Å²) in [6.07, 6.45) is 5.58. The molecule has 1 aliphatic carbocycles. The lowest BCUT2D eigenvalue weighted by Gasteiger charge is -2.11. The normalized spacial score (nSPS) is 12.7. The number of carbonyl (C=O) groups excluding carboxylic acids is 2. The van der Waals surface area contributed by atoms with Crippen LogP contribution in [0.1, 0.15) is 53.4 Å². The van der Waals surface area contributed by atoms with E-state index in [9.17, 15) is 19.7 Å². The number of nitrogens with zero attached hydrogens (tertiary/aromatic N) is 1. The average molecular weight is 505 g/mol. The lowest BCUT2D eigenvalue weighted by molar-refractivity contribution is -0.384. The lowest BCUT2D eigenvalue weighted by atomic mass is 10.1. The van der Waals surface area contributed by atoms with E-state index in [1.807, 2.05) is 0 Å². The Morgan fingerprint density at radius 2 is 1.88 bits per heavy atom. The van der Waals surface area contributed by atoms with Crippen LogP contribution in [0, 0.1) is 10.1 Å². The highest BCUT2D eigenvalue weighted by Gasteiger charge is 2.27. The molecule has 1 aromatic carbocycles. The van der Waals surface area contributed by atoms with Gasteiger partial charge in [-0.3, -0.25) is 14.9 Å². The number of non-ortho nitro benzene ring substituents is 1. The summed E-state index contributed by atoms with van der Waals surface area (Å²) < 4.78 is 5.25. The third-order valence-corrected chi connectivity index (χ3v) is 6.92. The highest BCUT2D eigenvalue weighted by molar-refractivity contribution is 7.82. The zero-order valence-corrected chi connectivity index (χ0v) is 20.6. The Hall–Kier alpha value is -3.05. The van der Waals surface area contributed by atoms with Crippen LogP contribution in [-0.2, 0) is 22.4 Å². The number of thiocarbonyl (C=S) groups is 1. The predicted octanol–water partition coefficient (Wildman–Crippen LogP) is 4.46. The van der Waals surface area contributed by atoms with Gasteiger partial charge in [0.2, 0.25) is 0 Å². The smallest absolute Gasteiger partial charge is 0.341 e. The molecule has 182 valence electrons. The first-order valence-electron chi connectivity index (χ1n) is 11.3. The van der Waals surface area contributed by atoms with Crippen LogP contribution >= 0.6 is 23.6 Å². The molecule has 0 spiro atoms. The number of carbonyl (C=O) groups is 2. The second kappa shape index (κ2) is 12.4. The monoisotopic (exact) mass is 504 g/mol. The number of aryl methyl sites for hydroxylation is 1. The van der Waals surface area contributed by atoms with Gasteiger partial charge in [-0.15, -0.1) is 11.3 Å². The number of hydrogen-bond donors (Lipinski definition) is 3. The van der Waals surface area contributed by atoms with Crippen LogP contribution in [0.25, 0.3) is 0 Å². The Labute approximate surface area is 207 Å². The van der Waals surface area contributed by atoms with Crippen molar-refractivity contribution < 1.29 is 19.2 Å². The van der Waals surface area contributed by atoms with Crippen LogP contribution in [0.5, 0.6) is 0 Å². The minimum Gasteiger partial charge on any atom is -0.462 e. The van der Waals surface area contributed by atoms with E-state index in [-0.39, 0.29) is 17.3 Å². The number of rotatable bonds is 9. The van der Waals surface area contributed by atoms with Gasteiger partial charge in [-0.25, -0.2) is 4.79 Å². The number of esters is 1. The molecule has 1 aliphatic rings. The van der Waals surface area contributed by atoms with Gasteiger partial charge < -0.3 is 20.7 Å². The van der Waals surface area contributed by atoms with E-state index in [0.29, 0.717) is 30.1 Å². The molecule has 9 nitrogen and oxygen atoms in total. The molecule has 1 heterocycles. The van der Waals surface area contributed by atoms with Gasteiger partial charge in [0.15, 0.2) is 4.99 Å². The van der Waals surface area contributed by atoms with Crippen LogP contribution in [0.3, 0.4) is 0 Å². The van der Waals surface area contributed by atoms with E-state index in [0.717, 1.165) is 48.2 Å². The van der Waals surface area contributed by atoms with Crippen molar-refractivity contribution in [2.45, 2.75) is 45.4 Å². The molecule has 0 unspecified atom stereocenters. The number of thiophene rings is 1. The maximum Gasteiger partial charge on any atom is 0.341 e. The van der Waals surface area contributed by atoms with Crippen molar-refractivity contribution in [3.63, 3.8) is 0 Å². The molecule has 1 aromatic heterocycles. The minimum absolute atomic E-state index is 0.0387. The van der Waals surface area contributed by atoms with Gasteiger partial charge >= 0.3 is 5.97 Å². The highest BCUT2D eigenvalue weighted by Crippen LogP contribution is 2.38. The van der Waals surface area contributed by atoms with Crippen LogP contribution < -0.4 is 16.0 Å². The Morgan fingerprint density at radius 1 is 1.15 bits per heavy atom. The van der Waals surface area contributed by atoms with Gasteiger partial charge in [0.25, 0.3) is 11.6 Å². The lowest BCUT2D eigenvalue weighted by Crippen LogP contribution is -2.35. The molecule has 3 N–H and O–H groups in total. The van der Waals surface area contributed by atoms with Crippen molar-refractivity contribution in [2.75, 3.05) is 30.3 Å². The molecule has 0 aliphatic heterocycles. The standard InChI is InChI=1S/C23H28N4O5S2/c1-2-32-23(29)19-17-7-4-3-5-8-18(17)34-22(19)26-20(28)21(33)25-14-6-13-24-15-9-11-16(12-10-15)27(30)31/h9-12,24H,2-8,13-14H2,1H3,(H,25,33)(H,26,28). The largest absolute Gasteiger partial charge is 0.462 e. The zero-order valence-electron chi connectivity index (χ0n) is 19.0. The number of amides is 1. The van der Waals surface area contributed by atoms with E-state index < -0.39 is 16.8 Å². The number of nitrogens with one attached hydrogen (secondary N) is 3. The summed E-state index contributed by atoms with van der Waals surface area (Å²) in [5.41, 5.74) is 2.27. The summed E-state index contributed by atoms with van der Waals surface area (Å²) in [6.45, 7) is 3.10. The fraction of sp³-hybridized carbons (Fsp3) is 0.435. The van der Waals surface area contributed by atoms with Gasteiger partial charge in [-0.1, -0.05) is 18.6 Å². The highest BCUT2D eigenvalue weighted by atomic mass is 32.1.